The molecule has 1 aromatic heterocycles. The van der Waals surface area contributed by atoms with Crippen molar-refractivity contribution in [1.82, 2.24) is 4.98 Å². The second kappa shape index (κ2) is 5.30. The molecule has 1 heterocycles. The van der Waals surface area contributed by atoms with Crippen LogP contribution in [0.2, 0.25) is 0 Å². The van der Waals surface area contributed by atoms with E-state index in [0.29, 0.717) is 10.2 Å². The van der Waals surface area contributed by atoms with Crippen molar-refractivity contribution in [1.29, 1.82) is 0 Å². The molecule has 100 valence electrons. The van der Waals surface area contributed by atoms with Crippen molar-refractivity contribution in [3.63, 3.8) is 0 Å². The molecule has 0 aliphatic carbocycles. The largest absolute Gasteiger partial charge is 0.416 e. The van der Waals surface area contributed by atoms with E-state index in [1.165, 1.54) is 12.1 Å². The average Bonchev–Trinajstić information content (AvgIpc) is 2.38. The van der Waals surface area contributed by atoms with Crippen LogP contribution in [0.15, 0.2) is 47.2 Å². The summed E-state index contributed by atoms with van der Waals surface area (Å²) < 4.78 is 38.0. The predicted molar refractivity (Wildman–Crippen MR) is 69.4 cm³/mol. The van der Waals surface area contributed by atoms with Gasteiger partial charge in [-0.2, -0.15) is 13.2 Å². The normalized spacial score (nSPS) is 13.3. The summed E-state index contributed by atoms with van der Waals surface area (Å²) in [5.41, 5.74) is 6.66. The van der Waals surface area contributed by atoms with E-state index >= 15 is 0 Å². The Morgan fingerprint density at radius 1 is 1.11 bits per heavy atom. The second-order valence-electron chi connectivity index (χ2n) is 3.98. The second-order valence-corrected chi connectivity index (χ2v) is 4.73. The molecule has 0 amide bonds. The zero-order valence-corrected chi connectivity index (χ0v) is 11.2. The SMILES string of the molecule is N[C@H](c1ccc(C(F)(F)F)cc1)c1cccnc1Br. The molecule has 0 spiro atoms. The van der Waals surface area contributed by atoms with Crippen molar-refractivity contribution in [3.05, 3.63) is 63.9 Å². The first kappa shape index (κ1) is 14.0. The van der Waals surface area contributed by atoms with Gasteiger partial charge in [0.05, 0.1) is 11.6 Å². The molecule has 19 heavy (non-hydrogen) atoms. The van der Waals surface area contributed by atoms with Crippen LogP contribution < -0.4 is 5.73 Å². The monoisotopic (exact) mass is 330 g/mol. The highest BCUT2D eigenvalue weighted by Crippen LogP contribution is 2.31. The number of nitrogens with zero attached hydrogens (tertiary/aromatic N) is 1. The van der Waals surface area contributed by atoms with E-state index in [4.69, 9.17) is 5.73 Å². The fourth-order valence-electron chi connectivity index (χ4n) is 1.69. The van der Waals surface area contributed by atoms with Gasteiger partial charge in [-0.05, 0) is 39.7 Å². The third-order valence-corrected chi connectivity index (χ3v) is 3.38. The number of halogens is 4. The zero-order valence-electron chi connectivity index (χ0n) is 9.66. The fraction of sp³-hybridized carbons (Fsp3) is 0.154. The Bertz CT molecular complexity index is 567. The highest BCUT2D eigenvalue weighted by Gasteiger charge is 2.30. The van der Waals surface area contributed by atoms with E-state index in [2.05, 4.69) is 20.9 Å². The number of aromatic nitrogens is 1. The van der Waals surface area contributed by atoms with Crippen LogP contribution in [0.4, 0.5) is 13.2 Å². The van der Waals surface area contributed by atoms with E-state index in [1.807, 2.05) is 0 Å². The number of hydrogen-bond donors (Lipinski definition) is 1. The number of benzene rings is 1. The van der Waals surface area contributed by atoms with Gasteiger partial charge in [-0.15, -0.1) is 0 Å². The highest BCUT2D eigenvalue weighted by molar-refractivity contribution is 9.10. The first-order valence-corrected chi connectivity index (χ1v) is 6.22. The molecule has 0 aliphatic heterocycles. The van der Waals surface area contributed by atoms with E-state index in [1.54, 1.807) is 18.3 Å². The van der Waals surface area contributed by atoms with Crippen LogP contribution in [0.25, 0.3) is 0 Å². The summed E-state index contributed by atoms with van der Waals surface area (Å²) in [5, 5.41) is 0. The summed E-state index contributed by atoms with van der Waals surface area (Å²) in [6, 6.07) is 7.80. The summed E-state index contributed by atoms with van der Waals surface area (Å²) in [6.45, 7) is 0. The van der Waals surface area contributed by atoms with Crippen LogP contribution >= 0.6 is 15.9 Å². The zero-order chi connectivity index (χ0) is 14.0. The molecule has 0 fully saturated rings. The Kier molecular flexibility index (Phi) is 3.91. The quantitative estimate of drug-likeness (QED) is 0.848. The Balaban J connectivity index is 2.31. The number of hydrogen-bond acceptors (Lipinski definition) is 2. The molecule has 0 bridgehead atoms. The Hall–Kier alpha value is -1.40. The van der Waals surface area contributed by atoms with Crippen LogP contribution in [0, 0.1) is 0 Å². The molecule has 2 nitrogen and oxygen atoms in total. The highest BCUT2D eigenvalue weighted by atomic mass is 79.9. The molecule has 2 rings (SSSR count). The molecular weight excluding hydrogens is 321 g/mol. The molecule has 0 saturated carbocycles. The summed E-state index contributed by atoms with van der Waals surface area (Å²) in [4.78, 5) is 4.04. The standard InChI is InChI=1S/C13H10BrF3N2/c14-12-10(2-1-7-19-12)11(18)8-3-5-9(6-4-8)13(15,16)17/h1-7,11H,18H2/t11-/m1/s1. The van der Waals surface area contributed by atoms with Crippen LogP contribution in [0.1, 0.15) is 22.7 Å². The van der Waals surface area contributed by atoms with E-state index in [9.17, 15) is 13.2 Å². The molecule has 0 unspecified atom stereocenters. The van der Waals surface area contributed by atoms with Crippen LogP contribution in [0.5, 0.6) is 0 Å². The maximum absolute atomic E-state index is 12.5. The van der Waals surface area contributed by atoms with Crippen molar-refractivity contribution >= 4 is 15.9 Å². The smallest absolute Gasteiger partial charge is 0.320 e. The minimum absolute atomic E-state index is 0.523. The lowest BCUT2D eigenvalue weighted by molar-refractivity contribution is -0.137. The van der Waals surface area contributed by atoms with E-state index in [0.717, 1.165) is 17.7 Å². The molecule has 2 N–H and O–H groups in total. The molecule has 1 aromatic carbocycles. The Morgan fingerprint density at radius 2 is 1.74 bits per heavy atom. The van der Waals surface area contributed by atoms with Gasteiger partial charge in [0.2, 0.25) is 0 Å². The molecule has 0 saturated heterocycles. The van der Waals surface area contributed by atoms with Crippen molar-refractivity contribution < 1.29 is 13.2 Å². The number of rotatable bonds is 2. The maximum atomic E-state index is 12.5. The van der Waals surface area contributed by atoms with Gasteiger partial charge in [0, 0.05) is 11.8 Å². The van der Waals surface area contributed by atoms with Gasteiger partial charge in [-0.1, -0.05) is 18.2 Å². The van der Waals surface area contributed by atoms with Gasteiger partial charge in [-0.3, -0.25) is 0 Å². The van der Waals surface area contributed by atoms with Crippen molar-refractivity contribution in [2.75, 3.05) is 0 Å². The van der Waals surface area contributed by atoms with Gasteiger partial charge >= 0.3 is 6.18 Å². The summed E-state index contributed by atoms with van der Waals surface area (Å²) in [6.07, 6.45) is -2.73. The summed E-state index contributed by atoms with van der Waals surface area (Å²) in [7, 11) is 0. The fourth-order valence-corrected chi connectivity index (χ4v) is 2.19. The molecule has 0 aliphatic rings. The lowest BCUT2D eigenvalue weighted by atomic mass is 10.00. The topological polar surface area (TPSA) is 38.9 Å². The third kappa shape index (κ3) is 3.13. The Labute approximate surface area is 116 Å². The van der Waals surface area contributed by atoms with E-state index < -0.39 is 17.8 Å². The molecule has 6 heteroatoms. The number of pyridine rings is 1. The molecule has 0 radical (unpaired) electrons. The lowest BCUT2D eigenvalue weighted by Crippen LogP contribution is -2.13. The molecular formula is C13H10BrF3N2. The Morgan fingerprint density at radius 3 is 2.26 bits per heavy atom. The predicted octanol–water partition coefficient (Wildman–Crippen LogP) is 3.91. The number of alkyl halides is 3. The first-order valence-electron chi connectivity index (χ1n) is 5.43. The molecule has 2 aromatic rings. The first-order chi connectivity index (χ1) is 8.89. The van der Waals surface area contributed by atoms with Crippen LogP contribution in [0.3, 0.4) is 0 Å². The van der Waals surface area contributed by atoms with E-state index in [-0.39, 0.29) is 0 Å². The van der Waals surface area contributed by atoms with Gasteiger partial charge in [0.25, 0.3) is 0 Å². The van der Waals surface area contributed by atoms with Gasteiger partial charge < -0.3 is 5.73 Å². The third-order valence-electron chi connectivity index (χ3n) is 2.72. The minimum Gasteiger partial charge on any atom is -0.320 e. The van der Waals surface area contributed by atoms with Gasteiger partial charge in [-0.25, -0.2) is 4.98 Å². The van der Waals surface area contributed by atoms with Crippen molar-refractivity contribution in [2.45, 2.75) is 12.2 Å². The summed E-state index contributed by atoms with van der Waals surface area (Å²) in [5.74, 6) is 0. The minimum atomic E-state index is -4.34. The summed E-state index contributed by atoms with van der Waals surface area (Å²) >= 11 is 3.27. The van der Waals surface area contributed by atoms with Gasteiger partial charge in [0.1, 0.15) is 4.60 Å². The van der Waals surface area contributed by atoms with Crippen LogP contribution in [-0.2, 0) is 6.18 Å². The van der Waals surface area contributed by atoms with Crippen molar-refractivity contribution in [2.24, 2.45) is 5.73 Å². The number of nitrogens with two attached hydrogens (primary N) is 1. The average molecular weight is 331 g/mol. The molecule has 1 atom stereocenters. The maximum Gasteiger partial charge on any atom is 0.416 e. The lowest BCUT2D eigenvalue weighted by Gasteiger charge is -2.14. The van der Waals surface area contributed by atoms with Crippen molar-refractivity contribution in [3.8, 4) is 0 Å². The van der Waals surface area contributed by atoms with Crippen LogP contribution in [-0.4, -0.2) is 4.98 Å². The van der Waals surface area contributed by atoms with Gasteiger partial charge in [0.15, 0.2) is 0 Å².